The highest BCUT2D eigenvalue weighted by Crippen LogP contribution is 2.41. The van der Waals surface area contributed by atoms with Crippen LogP contribution < -0.4 is 0 Å². The smallest absolute Gasteiger partial charge is 0.312 e. The highest BCUT2D eigenvalue weighted by molar-refractivity contribution is 5.90. The van der Waals surface area contributed by atoms with Gasteiger partial charge in [-0.15, -0.1) is 10.2 Å². The van der Waals surface area contributed by atoms with Crippen LogP contribution in [-0.4, -0.2) is 37.5 Å². The molecule has 0 unspecified atom stereocenters. The van der Waals surface area contributed by atoms with E-state index in [-0.39, 0.29) is 17.6 Å². The van der Waals surface area contributed by atoms with Crippen LogP contribution in [0.15, 0.2) is 39.4 Å². The summed E-state index contributed by atoms with van der Waals surface area (Å²) < 4.78 is 26.7. The number of nitrogens with one attached hydrogen (secondary N) is 1. The van der Waals surface area contributed by atoms with Gasteiger partial charge in [-0.05, 0) is 25.0 Å². The number of aromatic nitrogens is 4. The Hall–Kier alpha value is -3.49. The average molecular weight is 393 g/mol. The number of halogens is 1. The molecule has 0 spiro atoms. The molecule has 4 aromatic rings. The number of imidazole rings is 1. The van der Waals surface area contributed by atoms with Crippen LogP contribution in [0, 0.1) is 5.82 Å². The molecule has 146 valence electrons. The summed E-state index contributed by atoms with van der Waals surface area (Å²) >= 11 is 0. The lowest BCUT2D eigenvalue weighted by Crippen LogP contribution is -2.41. The Morgan fingerprint density at radius 1 is 1.21 bits per heavy atom. The number of nitrogens with zero attached hydrogens (tertiary/aromatic N) is 4. The number of hydrogen-bond acceptors (Lipinski definition) is 6. The van der Waals surface area contributed by atoms with Crippen LogP contribution in [0.25, 0.3) is 11.0 Å². The summed E-state index contributed by atoms with van der Waals surface area (Å²) in [6.45, 7) is 0.344. The lowest BCUT2D eigenvalue weighted by Gasteiger charge is -2.32. The van der Waals surface area contributed by atoms with Crippen LogP contribution in [-0.2, 0) is 6.42 Å². The van der Waals surface area contributed by atoms with Gasteiger partial charge >= 0.3 is 11.8 Å². The maximum absolute atomic E-state index is 15.3. The van der Waals surface area contributed by atoms with Crippen LogP contribution in [0.1, 0.15) is 58.5 Å². The quantitative estimate of drug-likeness (QED) is 0.573. The Morgan fingerprint density at radius 2 is 2.07 bits per heavy atom. The van der Waals surface area contributed by atoms with Gasteiger partial charge in [0, 0.05) is 24.6 Å². The van der Waals surface area contributed by atoms with Crippen molar-refractivity contribution in [1.82, 2.24) is 25.1 Å². The van der Waals surface area contributed by atoms with Crippen LogP contribution in [0.3, 0.4) is 0 Å². The molecule has 9 heteroatoms. The number of fused-ring (bicyclic) bond motifs is 2. The van der Waals surface area contributed by atoms with E-state index in [0.717, 1.165) is 18.5 Å². The highest BCUT2D eigenvalue weighted by atomic mass is 19.1. The second-order valence-electron chi connectivity index (χ2n) is 7.41. The number of H-pyrrole nitrogens is 1. The minimum atomic E-state index is -0.818. The first-order valence-electron chi connectivity index (χ1n) is 9.54. The fourth-order valence-corrected chi connectivity index (χ4v) is 3.91. The molecule has 1 aliphatic carbocycles. The standard InChI is InChI=1S/C20H16FN5O3/c21-14-11-3-1-2-4-13(11)28-17(14)16-15-12(22-9-23-15)7-8-26(16)20(27)19-25-24-18(29-19)10-5-6-10/h1-4,9-10,16H,5-8H2,(H,22,23)/t16-/m1/s1. The van der Waals surface area contributed by atoms with Crippen molar-refractivity contribution in [2.75, 3.05) is 6.54 Å². The van der Waals surface area contributed by atoms with Crippen molar-refractivity contribution in [2.45, 2.75) is 31.2 Å². The van der Waals surface area contributed by atoms with Gasteiger partial charge in [-0.3, -0.25) is 4.79 Å². The topological polar surface area (TPSA) is 101 Å². The van der Waals surface area contributed by atoms with Crippen molar-refractivity contribution < 1.29 is 18.0 Å². The van der Waals surface area contributed by atoms with Crippen molar-refractivity contribution in [2.24, 2.45) is 0 Å². The molecule has 8 nitrogen and oxygen atoms in total. The molecular weight excluding hydrogens is 377 g/mol. The number of para-hydroxylation sites is 1. The monoisotopic (exact) mass is 393 g/mol. The molecule has 1 aromatic carbocycles. The van der Waals surface area contributed by atoms with Gasteiger partial charge in [-0.2, -0.15) is 0 Å². The molecule has 6 rings (SSSR count). The van der Waals surface area contributed by atoms with E-state index in [1.165, 1.54) is 4.90 Å². The number of amides is 1. The molecule has 1 N–H and O–H groups in total. The SMILES string of the molecule is O=C(c1nnc(C2CC2)o1)N1CCc2[nH]cnc2[C@@H]1c1oc2ccccc2c1F. The maximum Gasteiger partial charge on any atom is 0.312 e. The van der Waals surface area contributed by atoms with E-state index >= 15 is 4.39 Å². The first kappa shape index (κ1) is 16.5. The van der Waals surface area contributed by atoms with Gasteiger partial charge in [0.25, 0.3) is 0 Å². The lowest BCUT2D eigenvalue weighted by atomic mass is 9.99. The summed E-state index contributed by atoms with van der Waals surface area (Å²) in [6.07, 6.45) is 4.08. The van der Waals surface area contributed by atoms with Gasteiger partial charge in [-0.1, -0.05) is 12.1 Å². The minimum Gasteiger partial charge on any atom is -0.455 e. The van der Waals surface area contributed by atoms with Gasteiger partial charge in [0.15, 0.2) is 11.6 Å². The van der Waals surface area contributed by atoms with Crippen molar-refractivity contribution >= 4 is 16.9 Å². The number of carbonyl (C=O) groups excluding carboxylic acids is 1. The van der Waals surface area contributed by atoms with E-state index in [1.807, 2.05) is 0 Å². The molecule has 0 radical (unpaired) electrons. The second kappa shape index (κ2) is 6.00. The predicted molar refractivity (Wildman–Crippen MR) is 97.6 cm³/mol. The molecule has 1 atom stereocenters. The van der Waals surface area contributed by atoms with E-state index in [4.69, 9.17) is 8.83 Å². The summed E-state index contributed by atoms with van der Waals surface area (Å²) in [6, 6.07) is 6.05. The molecule has 1 fully saturated rings. The first-order chi connectivity index (χ1) is 14.2. The third-order valence-corrected chi connectivity index (χ3v) is 5.54. The van der Waals surface area contributed by atoms with Crippen molar-refractivity contribution in [3.05, 3.63) is 65.3 Å². The lowest BCUT2D eigenvalue weighted by molar-refractivity contribution is 0.0626. The van der Waals surface area contributed by atoms with Crippen molar-refractivity contribution in [3.63, 3.8) is 0 Å². The summed E-state index contributed by atoms with van der Waals surface area (Å²) in [5, 5.41) is 8.29. The van der Waals surface area contributed by atoms with Gasteiger partial charge in [0.2, 0.25) is 5.89 Å². The minimum absolute atomic E-state index is 0.0505. The van der Waals surface area contributed by atoms with Gasteiger partial charge in [0.1, 0.15) is 11.6 Å². The number of hydrogen-bond donors (Lipinski definition) is 1. The Labute approximate surface area is 163 Å². The molecule has 3 aromatic heterocycles. The number of benzene rings is 1. The molecule has 29 heavy (non-hydrogen) atoms. The zero-order valence-electron chi connectivity index (χ0n) is 15.3. The summed E-state index contributed by atoms with van der Waals surface area (Å²) in [5.74, 6) is -0.266. The molecule has 4 heterocycles. The Kier molecular flexibility index (Phi) is 3.41. The largest absolute Gasteiger partial charge is 0.455 e. The van der Waals surface area contributed by atoms with Crippen molar-refractivity contribution in [1.29, 1.82) is 0 Å². The highest BCUT2D eigenvalue weighted by Gasteiger charge is 2.41. The van der Waals surface area contributed by atoms with Crippen LogP contribution in [0.5, 0.6) is 0 Å². The van der Waals surface area contributed by atoms with Crippen LogP contribution in [0.4, 0.5) is 4.39 Å². The van der Waals surface area contributed by atoms with E-state index < -0.39 is 17.8 Å². The fourth-order valence-electron chi connectivity index (χ4n) is 3.91. The van der Waals surface area contributed by atoms with Crippen LogP contribution >= 0.6 is 0 Å². The van der Waals surface area contributed by atoms with E-state index in [2.05, 4.69) is 20.2 Å². The number of carbonyl (C=O) groups is 1. The third-order valence-electron chi connectivity index (χ3n) is 5.54. The number of furan rings is 1. The molecule has 0 bridgehead atoms. The molecular formula is C20H16FN5O3. The third kappa shape index (κ3) is 2.50. The van der Waals surface area contributed by atoms with Gasteiger partial charge in [-0.25, -0.2) is 9.37 Å². The number of aromatic amines is 1. The zero-order chi connectivity index (χ0) is 19.5. The molecule has 2 aliphatic rings. The normalized spacial score (nSPS) is 18.9. The van der Waals surface area contributed by atoms with E-state index in [0.29, 0.717) is 35.5 Å². The van der Waals surface area contributed by atoms with Gasteiger partial charge < -0.3 is 18.7 Å². The summed E-state index contributed by atoms with van der Waals surface area (Å²) in [7, 11) is 0. The Balaban J connectivity index is 1.46. The van der Waals surface area contributed by atoms with E-state index in [9.17, 15) is 4.79 Å². The van der Waals surface area contributed by atoms with Crippen LogP contribution in [0.2, 0.25) is 0 Å². The Morgan fingerprint density at radius 3 is 2.90 bits per heavy atom. The molecule has 1 aliphatic heterocycles. The van der Waals surface area contributed by atoms with Gasteiger partial charge in [0.05, 0.1) is 17.4 Å². The molecule has 0 saturated heterocycles. The number of rotatable bonds is 3. The van der Waals surface area contributed by atoms with E-state index in [1.54, 1.807) is 30.6 Å². The summed E-state index contributed by atoms with van der Waals surface area (Å²) in [4.78, 5) is 22.1. The fraction of sp³-hybridized carbons (Fsp3) is 0.300. The first-order valence-corrected chi connectivity index (χ1v) is 9.54. The zero-order valence-corrected chi connectivity index (χ0v) is 15.3. The molecule has 1 amide bonds. The second-order valence-corrected chi connectivity index (χ2v) is 7.41. The predicted octanol–water partition coefficient (Wildman–Crippen LogP) is 3.34. The van der Waals surface area contributed by atoms with Crippen molar-refractivity contribution in [3.8, 4) is 0 Å². The maximum atomic E-state index is 15.3. The molecule has 1 saturated carbocycles. The Bertz CT molecular complexity index is 1240. The summed E-state index contributed by atoms with van der Waals surface area (Å²) in [5.41, 5.74) is 1.83. The average Bonchev–Trinajstić information content (AvgIpc) is 3.16.